The minimum absolute atomic E-state index is 0.0972. The number of ether oxygens (including phenoxy) is 1. The van der Waals surface area contributed by atoms with Crippen molar-refractivity contribution in [1.82, 2.24) is 14.3 Å². The molecule has 7 heteroatoms. The predicted octanol–water partition coefficient (Wildman–Crippen LogP) is 1.14. The first-order valence-corrected chi connectivity index (χ1v) is 6.66. The minimum Gasteiger partial charge on any atom is -0.496 e. The van der Waals surface area contributed by atoms with Crippen molar-refractivity contribution in [2.75, 3.05) is 7.11 Å². The molecular weight excluding hydrogens is 274 g/mol. The molecular formula is C14H15N3O4. The Kier molecular flexibility index (Phi) is 3.25. The maximum atomic E-state index is 12.3. The lowest BCUT2D eigenvalue weighted by molar-refractivity contribution is -0.137. The van der Waals surface area contributed by atoms with E-state index in [1.54, 1.807) is 17.7 Å². The summed E-state index contributed by atoms with van der Waals surface area (Å²) in [5.74, 6) is -0.0304. The molecule has 0 atom stereocenters. The van der Waals surface area contributed by atoms with Gasteiger partial charge in [0, 0.05) is 6.04 Å². The zero-order chi connectivity index (χ0) is 15.0. The molecule has 110 valence electrons. The average molecular weight is 289 g/mol. The number of aliphatic carboxylic acids is 1. The molecule has 1 aliphatic rings. The predicted molar refractivity (Wildman–Crippen MR) is 74.4 cm³/mol. The maximum Gasteiger partial charge on any atom is 0.347 e. The van der Waals surface area contributed by atoms with Crippen molar-refractivity contribution < 1.29 is 14.6 Å². The molecule has 1 aromatic heterocycles. The number of aromatic nitrogens is 3. The van der Waals surface area contributed by atoms with Crippen molar-refractivity contribution in [3.8, 4) is 17.1 Å². The van der Waals surface area contributed by atoms with E-state index in [4.69, 9.17) is 9.84 Å². The van der Waals surface area contributed by atoms with Gasteiger partial charge >= 0.3 is 11.7 Å². The fraction of sp³-hybridized carbons (Fsp3) is 0.357. The molecule has 0 aliphatic heterocycles. The molecule has 1 aromatic carbocycles. The van der Waals surface area contributed by atoms with Crippen molar-refractivity contribution in [3.63, 3.8) is 0 Å². The second-order valence-electron chi connectivity index (χ2n) is 4.96. The van der Waals surface area contributed by atoms with Gasteiger partial charge in [-0.25, -0.2) is 9.48 Å². The molecule has 1 saturated carbocycles. The number of carbonyl (C=O) groups is 1. The van der Waals surface area contributed by atoms with Crippen LogP contribution >= 0.6 is 0 Å². The van der Waals surface area contributed by atoms with E-state index in [1.165, 1.54) is 0 Å². The Morgan fingerprint density at radius 1 is 1.43 bits per heavy atom. The van der Waals surface area contributed by atoms with Crippen LogP contribution in [-0.4, -0.2) is 32.5 Å². The largest absolute Gasteiger partial charge is 0.496 e. The minimum atomic E-state index is -1.09. The number of methoxy groups -OCH3 is 1. The molecule has 0 radical (unpaired) electrons. The highest BCUT2D eigenvalue weighted by Gasteiger charge is 2.31. The first-order chi connectivity index (χ1) is 10.1. The molecule has 2 aromatic rings. The second kappa shape index (κ2) is 5.08. The van der Waals surface area contributed by atoms with E-state index in [0.29, 0.717) is 17.1 Å². The smallest absolute Gasteiger partial charge is 0.347 e. The Bertz CT molecular complexity index is 743. The summed E-state index contributed by atoms with van der Waals surface area (Å²) >= 11 is 0. The quantitative estimate of drug-likeness (QED) is 0.892. The zero-order valence-corrected chi connectivity index (χ0v) is 11.5. The third-order valence-corrected chi connectivity index (χ3v) is 3.42. The van der Waals surface area contributed by atoms with E-state index >= 15 is 0 Å². The van der Waals surface area contributed by atoms with Crippen LogP contribution in [0.25, 0.3) is 11.4 Å². The van der Waals surface area contributed by atoms with Gasteiger partial charge in [-0.3, -0.25) is 9.36 Å². The molecule has 1 heterocycles. The van der Waals surface area contributed by atoms with Crippen LogP contribution in [0.15, 0.2) is 29.1 Å². The molecule has 7 nitrogen and oxygen atoms in total. The topological polar surface area (TPSA) is 86.4 Å². The van der Waals surface area contributed by atoms with E-state index < -0.39 is 12.5 Å². The second-order valence-corrected chi connectivity index (χ2v) is 4.96. The highest BCUT2D eigenvalue weighted by molar-refractivity contribution is 5.67. The number of para-hydroxylation sites is 1. The van der Waals surface area contributed by atoms with Crippen LogP contribution in [0.1, 0.15) is 18.9 Å². The number of nitrogens with zero attached hydrogens (tertiary/aromatic N) is 3. The van der Waals surface area contributed by atoms with E-state index in [1.807, 2.05) is 18.2 Å². The number of carboxylic acid groups (broad SMARTS) is 1. The molecule has 3 rings (SSSR count). The van der Waals surface area contributed by atoms with Crippen molar-refractivity contribution in [1.29, 1.82) is 0 Å². The van der Waals surface area contributed by atoms with Crippen molar-refractivity contribution in [2.45, 2.75) is 25.4 Å². The Balaban J connectivity index is 2.17. The van der Waals surface area contributed by atoms with E-state index in [0.717, 1.165) is 17.5 Å². The van der Waals surface area contributed by atoms with Crippen LogP contribution in [0, 0.1) is 0 Å². The first-order valence-electron chi connectivity index (χ1n) is 6.66. The van der Waals surface area contributed by atoms with Crippen molar-refractivity contribution >= 4 is 5.97 Å². The van der Waals surface area contributed by atoms with Crippen molar-refractivity contribution in [3.05, 3.63) is 34.7 Å². The van der Waals surface area contributed by atoms with Gasteiger partial charge in [0.2, 0.25) is 0 Å². The summed E-state index contributed by atoms with van der Waals surface area (Å²) in [5, 5.41) is 13.1. The molecule has 0 spiro atoms. The van der Waals surface area contributed by atoms with Gasteiger partial charge in [0.15, 0.2) is 5.82 Å². The third kappa shape index (κ3) is 2.42. The van der Waals surface area contributed by atoms with Crippen LogP contribution in [0.2, 0.25) is 0 Å². The van der Waals surface area contributed by atoms with Gasteiger partial charge < -0.3 is 9.84 Å². The summed E-state index contributed by atoms with van der Waals surface area (Å²) in [6.07, 6.45) is 1.81. The Morgan fingerprint density at radius 3 is 2.76 bits per heavy atom. The van der Waals surface area contributed by atoms with E-state index in [9.17, 15) is 9.59 Å². The fourth-order valence-corrected chi connectivity index (χ4v) is 2.33. The summed E-state index contributed by atoms with van der Waals surface area (Å²) in [6, 6.07) is 7.35. The Morgan fingerprint density at radius 2 is 2.14 bits per heavy atom. The van der Waals surface area contributed by atoms with Crippen LogP contribution in [0.5, 0.6) is 5.75 Å². The number of benzene rings is 1. The SMILES string of the molecule is COc1ccccc1-c1nn(CC(=O)O)c(=O)n1C1CC1. The van der Waals surface area contributed by atoms with Gasteiger partial charge in [-0.1, -0.05) is 12.1 Å². The number of hydrogen-bond donors (Lipinski definition) is 1. The molecule has 0 saturated heterocycles. The molecule has 0 unspecified atom stereocenters. The van der Waals surface area contributed by atoms with Gasteiger partial charge in [0.25, 0.3) is 0 Å². The van der Waals surface area contributed by atoms with Gasteiger partial charge in [0.05, 0.1) is 12.7 Å². The average Bonchev–Trinajstić information content (AvgIpc) is 3.25. The number of carboxylic acids is 1. The van der Waals surface area contributed by atoms with Crippen molar-refractivity contribution in [2.24, 2.45) is 0 Å². The summed E-state index contributed by atoms with van der Waals surface area (Å²) in [4.78, 5) is 23.2. The Hall–Kier alpha value is -2.57. The molecule has 1 N–H and O–H groups in total. The van der Waals surface area contributed by atoms with E-state index in [-0.39, 0.29) is 11.7 Å². The summed E-state index contributed by atoms with van der Waals surface area (Å²) in [5.41, 5.74) is 0.300. The standard InChI is InChI=1S/C14H15N3O4/c1-21-11-5-3-2-4-10(11)13-15-16(8-12(18)19)14(20)17(13)9-6-7-9/h2-5,9H,6-8H2,1H3,(H,18,19). The highest BCUT2D eigenvalue weighted by Crippen LogP contribution is 2.38. The maximum absolute atomic E-state index is 12.3. The monoisotopic (exact) mass is 289 g/mol. The molecule has 1 fully saturated rings. The van der Waals surface area contributed by atoms with Crippen LogP contribution in [0.3, 0.4) is 0 Å². The van der Waals surface area contributed by atoms with Gasteiger partial charge in [-0.05, 0) is 25.0 Å². The lowest BCUT2D eigenvalue weighted by Crippen LogP contribution is -2.27. The molecule has 0 amide bonds. The molecule has 21 heavy (non-hydrogen) atoms. The van der Waals surface area contributed by atoms with Crippen LogP contribution in [0.4, 0.5) is 0 Å². The van der Waals surface area contributed by atoms with Crippen LogP contribution in [-0.2, 0) is 11.3 Å². The van der Waals surface area contributed by atoms with Gasteiger partial charge in [0.1, 0.15) is 12.3 Å². The third-order valence-electron chi connectivity index (χ3n) is 3.42. The Labute approximate surface area is 120 Å². The lowest BCUT2D eigenvalue weighted by atomic mass is 10.2. The number of rotatable bonds is 5. The lowest BCUT2D eigenvalue weighted by Gasteiger charge is -2.08. The van der Waals surface area contributed by atoms with Crippen LogP contribution < -0.4 is 10.4 Å². The summed E-state index contributed by atoms with van der Waals surface area (Å²) in [7, 11) is 1.55. The molecule has 0 bridgehead atoms. The van der Waals surface area contributed by atoms with E-state index in [2.05, 4.69) is 5.10 Å². The first kappa shape index (κ1) is 13.4. The summed E-state index contributed by atoms with van der Waals surface area (Å²) < 4.78 is 7.86. The number of hydrogen-bond acceptors (Lipinski definition) is 4. The zero-order valence-electron chi connectivity index (χ0n) is 11.5. The fourth-order valence-electron chi connectivity index (χ4n) is 2.33. The van der Waals surface area contributed by atoms with Gasteiger partial charge in [-0.2, -0.15) is 0 Å². The summed E-state index contributed by atoms with van der Waals surface area (Å²) in [6.45, 7) is -0.444. The molecule has 1 aliphatic carbocycles. The highest BCUT2D eigenvalue weighted by atomic mass is 16.5. The normalized spacial score (nSPS) is 14.1. The van der Waals surface area contributed by atoms with Gasteiger partial charge in [-0.15, -0.1) is 5.10 Å².